The molecule has 146 valence electrons. The third kappa shape index (κ3) is 5.75. The van der Waals surface area contributed by atoms with Crippen molar-refractivity contribution in [1.29, 1.82) is 0 Å². The first-order valence-electron chi connectivity index (χ1n) is 8.07. The minimum absolute atomic E-state index is 0.0424. The monoisotopic (exact) mass is 414 g/mol. The van der Waals surface area contributed by atoms with Gasteiger partial charge in [-0.15, -0.1) is 0 Å². The van der Waals surface area contributed by atoms with Crippen molar-refractivity contribution in [2.45, 2.75) is 24.3 Å². The van der Waals surface area contributed by atoms with Crippen molar-refractivity contribution in [2.75, 3.05) is 17.3 Å². The first-order chi connectivity index (χ1) is 12.7. The first-order valence-corrected chi connectivity index (χ1v) is 10.9. The van der Waals surface area contributed by atoms with E-state index in [0.717, 1.165) is 17.7 Å². The topological polar surface area (TPSA) is 75.3 Å². The number of carbonyl (C=O) groups excluding carboxylic acids is 1. The zero-order chi connectivity index (χ0) is 20.0. The number of halogens is 2. The Kier molecular flexibility index (Phi) is 7.34. The maximum absolute atomic E-state index is 13.9. The third-order valence-electron chi connectivity index (χ3n) is 3.73. The van der Waals surface area contributed by atoms with E-state index in [1.807, 2.05) is 0 Å². The summed E-state index contributed by atoms with van der Waals surface area (Å²) in [6.45, 7) is 1.74. The lowest BCUT2D eigenvalue weighted by atomic mass is 10.2. The molecule has 0 spiro atoms. The Bertz CT molecular complexity index is 921. The average molecular weight is 414 g/mol. The molecule has 0 fully saturated rings. The van der Waals surface area contributed by atoms with Crippen LogP contribution in [0.1, 0.15) is 12.0 Å². The summed E-state index contributed by atoms with van der Waals surface area (Å²) in [6, 6.07) is 7.92. The van der Waals surface area contributed by atoms with E-state index in [1.165, 1.54) is 36.0 Å². The second-order valence-corrected chi connectivity index (χ2v) is 8.53. The zero-order valence-electron chi connectivity index (χ0n) is 14.8. The van der Waals surface area contributed by atoms with Crippen LogP contribution in [0.25, 0.3) is 0 Å². The van der Waals surface area contributed by atoms with Crippen molar-refractivity contribution in [3.8, 4) is 0 Å². The summed E-state index contributed by atoms with van der Waals surface area (Å²) < 4.78 is 55.0. The number of amides is 1. The Morgan fingerprint density at radius 2 is 1.85 bits per heavy atom. The van der Waals surface area contributed by atoms with Crippen LogP contribution in [-0.2, 0) is 14.8 Å². The van der Waals surface area contributed by atoms with E-state index < -0.39 is 38.5 Å². The summed E-state index contributed by atoms with van der Waals surface area (Å²) in [4.78, 5) is 12.0. The minimum Gasteiger partial charge on any atom is -0.322 e. The number of benzene rings is 2. The molecule has 0 heterocycles. The summed E-state index contributed by atoms with van der Waals surface area (Å²) in [7, 11) is -4.27. The highest BCUT2D eigenvalue weighted by Gasteiger charge is 2.27. The van der Waals surface area contributed by atoms with Crippen molar-refractivity contribution in [3.05, 3.63) is 59.7 Å². The molecular weight excluding hydrogens is 394 g/mol. The number of hydrogen-bond donors (Lipinski definition) is 2. The van der Waals surface area contributed by atoms with Crippen molar-refractivity contribution < 1.29 is 22.0 Å². The fourth-order valence-electron chi connectivity index (χ4n) is 2.35. The zero-order valence-corrected chi connectivity index (χ0v) is 16.5. The summed E-state index contributed by atoms with van der Waals surface area (Å²) in [6.07, 6.45) is 1.97. The van der Waals surface area contributed by atoms with Gasteiger partial charge in [-0.05, 0) is 55.2 Å². The molecule has 0 aliphatic carbocycles. The Hall–Kier alpha value is -1.97. The molecule has 1 atom stereocenters. The van der Waals surface area contributed by atoms with Crippen LogP contribution in [-0.4, -0.2) is 32.4 Å². The van der Waals surface area contributed by atoms with Gasteiger partial charge in [0, 0.05) is 0 Å². The normalized spacial score (nSPS) is 12.6. The van der Waals surface area contributed by atoms with Crippen molar-refractivity contribution in [3.63, 3.8) is 0 Å². The number of carbonyl (C=O) groups is 1. The van der Waals surface area contributed by atoms with E-state index in [0.29, 0.717) is 5.75 Å². The lowest BCUT2D eigenvalue weighted by Gasteiger charge is -2.19. The van der Waals surface area contributed by atoms with Gasteiger partial charge in [-0.3, -0.25) is 4.79 Å². The van der Waals surface area contributed by atoms with Crippen LogP contribution in [0.5, 0.6) is 0 Å². The summed E-state index contributed by atoms with van der Waals surface area (Å²) in [5.74, 6) is -1.78. The number of thioether (sulfide) groups is 1. The molecule has 0 saturated carbocycles. The highest BCUT2D eigenvalue weighted by Crippen LogP contribution is 2.18. The molecular formula is C18H20F2N2O3S2. The van der Waals surface area contributed by atoms with Gasteiger partial charge in [0.1, 0.15) is 22.6 Å². The van der Waals surface area contributed by atoms with Crippen LogP contribution < -0.4 is 10.0 Å². The molecule has 0 bridgehead atoms. The van der Waals surface area contributed by atoms with E-state index in [-0.39, 0.29) is 12.1 Å². The van der Waals surface area contributed by atoms with Gasteiger partial charge < -0.3 is 5.32 Å². The molecule has 0 radical (unpaired) electrons. The van der Waals surface area contributed by atoms with Crippen LogP contribution in [0.15, 0.2) is 47.4 Å². The number of aryl methyl sites for hydroxylation is 1. The molecule has 1 unspecified atom stereocenters. The Balaban J connectivity index is 2.25. The molecule has 2 aromatic rings. The fraction of sp³-hybridized carbons (Fsp3) is 0.278. The summed E-state index contributed by atoms with van der Waals surface area (Å²) in [5, 5.41) is 2.40. The SMILES string of the molecule is CSCCC(NS(=O)(=O)c1ccccc1F)C(=O)Nc1cc(C)ccc1F. The van der Waals surface area contributed by atoms with E-state index >= 15 is 0 Å². The highest BCUT2D eigenvalue weighted by molar-refractivity contribution is 7.98. The third-order valence-corrected chi connectivity index (χ3v) is 5.88. The maximum atomic E-state index is 13.9. The molecule has 0 saturated heterocycles. The Morgan fingerprint density at radius 3 is 2.52 bits per heavy atom. The molecule has 2 aromatic carbocycles. The Labute approximate surface area is 161 Å². The number of hydrogen-bond acceptors (Lipinski definition) is 4. The minimum atomic E-state index is -4.27. The molecule has 5 nitrogen and oxygen atoms in total. The molecule has 0 aliphatic heterocycles. The lowest BCUT2D eigenvalue weighted by Crippen LogP contribution is -2.44. The molecule has 2 rings (SSSR count). The van der Waals surface area contributed by atoms with E-state index in [4.69, 9.17) is 0 Å². The van der Waals surface area contributed by atoms with Gasteiger partial charge in [-0.25, -0.2) is 17.2 Å². The first kappa shape index (κ1) is 21.3. The maximum Gasteiger partial charge on any atom is 0.244 e. The molecule has 1 amide bonds. The molecule has 27 heavy (non-hydrogen) atoms. The average Bonchev–Trinajstić information content (AvgIpc) is 2.61. The van der Waals surface area contributed by atoms with Crippen molar-refractivity contribution in [2.24, 2.45) is 0 Å². The van der Waals surface area contributed by atoms with E-state index in [9.17, 15) is 22.0 Å². The van der Waals surface area contributed by atoms with Gasteiger partial charge in [0.15, 0.2) is 0 Å². The number of anilines is 1. The highest BCUT2D eigenvalue weighted by atomic mass is 32.2. The van der Waals surface area contributed by atoms with Crippen molar-refractivity contribution >= 4 is 33.4 Å². The Morgan fingerprint density at radius 1 is 1.15 bits per heavy atom. The second-order valence-electron chi connectivity index (χ2n) is 5.86. The van der Waals surface area contributed by atoms with E-state index in [1.54, 1.807) is 19.2 Å². The van der Waals surface area contributed by atoms with Gasteiger partial charge in [-0.1, -0.05) is 18.2 Å². The smallest absolute Gasteiger partial charge is 0.244 e. The van der Waals surface area contributed by atoms with Crippen LogP contribution in [0, 0.1) is 18.6 Å². The number of sulfonamides is 1. The van der Waals surface area contributed by atoms with Crippen LogP contribution >= 0.6 is 11.8 Å². The number of rotatable bonds is 8. The quantitative estimate of drug-likeness (QED) is 0.695. The van der Waals surface area contributed by atoms with Gasteiger partial charge in [0.2, 0.25) is 15.9 Å². The molecule has 2 N–H and O–H groups in total. The number of nitrogens with one attached hydrogen (secondary N) is 2. The van der Waals surface area contributed by atoms with E-state index in [2.05, 4.69) is 10.0 Å². The lowest BCUT2D eigenvalue weighted by molar-refractivity contribution is -0.117. The molecule has 9 heteroatoms. The predicted octanol–water partition coefficient (Wildman–Crippen LogP) is 3.31. The fourth-order valence-corrected chi connectivity index (χ4v) is 4.13. The predicted molar refractivity (Wildman–Crippen MR) is 103 cm³/mol. The summed E-state index contributed by atoms with van der Waals surface area (Å²) >= 11 is 1.42. The second kappa shape index (κ2) is 9.29. The van der Waals surface area contributed by atoms with Crippen LogP contribution in [0.2, 0.25) is 0 Å². The van der Waals surface area contributed by atoms with Gasteiger partial charge in [0.25, 0.3) is 0 Å². The molecule has 0 aliphatic rings. The standard InChI is InChI=1S/C18H20F2N2O3S2/c1-12-7-8-13(19)16(11-12)21-18(23)15(9-10-26-2)22-27(24,25)17-6-4-3-5-14(17)20/h3-8,11,15,22H,9-10H2,1-2H3,(H,21,23). The molecule has 0 aromatic heterocycles. The van der Waals surface area contributed by atoms with Crippen LogP contribution in [0.3, 0.4) is 0 Å². The largest absolute Gasteiger partial charge is 0.322 e. The van der Waals surface area contributed by atoms with Gasteiger partial charge in [0.05, 0.1) is 5.69 Å². The van der Waals surface area contributed by atoms with Crippen molar-refractivity contribution in [1.82, 2.24) is 4.72 Å². The van der Waals surface area contributed by atoms with Crippen LogP contribution in [0.4, 0.5) is 14.5 Å². The van der Waals surface area contributed by atoms with Gasteiger partial charge >= 0.3 is 0 Å². The van der Waals surface area contributed by atoms with Gasteiger partial charge in [-0.2, -0.15) is 16.5 Å². The summed E-state index contributed by atoms with van der Waals surface area (Å²) in [5.41, 5.74) is 0.693.